The van der Waals surface area contributed by atoms with Gasteiger partial charge in [0.15, 0.2) is 0 Å². The van der Waals surface area contributed by atoms with Crippen LogP contribution in [-0.2, 0) is 9.53 Å². The highest BCUT2D eigenvalue weighted by Crippen LogP contribution is 2.40. The van der Waals surface area contributed by atoms with Crippen molar-refractivity contribution in [2.75, 3.05) is 7.11 Å². The van der Waals surface area contributed by atoms with Gasteiger partial charge in [0.25, 0.3) is 0 Å². The van der Waals surface area contributed by atoms with Crippen molar-refractivity contribution < 1.29 is 19.0 Å². The minimum Gasteiger partial charge on any atom is -0.506 e. The van der Waals surface area contributed by atoms with Crippen molar-refractivity contribution in [2.24, 2.45) is 4.99 Å². The Morgan fingerprint density at radius 2 is 1.92 bits per heavy atom. The number of aliphatic imine (C=N–C) groups is 1. The van der Waals surface area contributed by atoms with Crippen LogP contribution >= 0.6 is 11.8 Å². The van der Waals surface area contributed by atoms with Gasteiger partial charge in [-0.2, -0.15) is 0 Å². The van der Waals surface area contributed by atoms with Crippen LogP contribution in [0.5, 0.6) is 0 Å². The standard InChI is InChI=1S/C18H13FN2O3S/c1-24-18(23)15-16(22)14(10-11-6-8-20-9-7-11)25-17(15)21-13-4-2-12(19)3-5-13/h2-10,22H,1H3. The summed E-state index contributed by atoms with van der Waals surface area (Å²) in [4.78, 5) is 20.8. The molecule has 0 saturated heterocycles. The summed E-state index contributed by atoms with van der Waals surface area (Å²) >= 11 is 1.14. The molecule has 0 fully saturated rings. The summed E-state index contributed by atoms with van der Waals surface area (Å²) in [5.41, 5.74) is 1.26. The van der Waals surface area contributed by atoms with Crippen molar-refractivity contribution >= 4 is 34.5 Å². The van der Waals surface area contributed by atoms with Crippen LogP contribution in [0.3, 0.4) is 0 Å². The Bertz CT molecular complexity index is 890. The number of rotatable bonds is 3. The highest BCUT2D eigenvalue weighted by atomic mass is 32.2. The fourth-order valence-electron chi connectivity index (χ4n) is 2.13. The van der Waals surface area contributed by atoms with Crippen molar-refractivity contribution in [3.05, 3.63) is 76.4 Å². The second kappa shape index (κ2) is 7.31. The average Bonchev–Trinajstić information content (AvgIpc) is 2.92. The predicted octanol–water partition coefficient (Wildman–Crippen LogP) is 4.02. The molecule has 0 unspecified atom stereocenters. The zero-order valence-electron chi connectivity index (χ0n) is 13.1. The molecule has 1 aliphatic heterocycles. The second-order valence-corrected chi connectivity index (χ2v) is 6.03. The number of hydrogen-bond acceptors (Lipinski definition) is 6. The van der Waals surface area contributed by atoms with Crippen LogP contribution in [0, 0.1) is 5.82 Å². The fraction of sp³-hybridized carbons (Fsp3) is 0.0556. The number of hydrogen-bond donors (Lipinski definition) is 1. The van der Waals surface area contributed by atoms with E-state index in [1.165, 1.54) is 31.4 Å². The number of aliphatic hydroxyl groups excluding tert-OH is 1. The van der Waals surface area contributed by atoms with Crippen molar-refractivity contribution in [3.8, 4) is 0 Å². The molecule has 0 atom stereocenters. The largest absolute Gasteiger partial charge is 0.506 e. The van der Waals surface area contributed by atoms with Gasteiger partial charge in [-0.25, -0.2) is 14.2 Å². The van der Waals surface area contributed by atoms with Crippen molar-refractivity contribution in [1.82, 2.24) is 4.98 Å². The minimum atomic E-state index is -0.691. The maximum Gasteiger partial charge on any atom is 0.344 e. The van der Waals surface area contributed by atoms with E-state index in [1.54, 1.807) is 30.6 Å². The molecule has 0 radical (unpaired) electrons. The zero-order chi connectivity index (χ0) is 17.8. The number of thioether (sulfide) groups is 1. The number of nitrogens with zero attached hydrogens (tertiary/aromatic N) is 2. The van der Waals surface area contributed by atoms with E-state index in [0.29, 0.717) is 10.6 Å². The van der Waals surface area contributed by atoms with Crippen LogP contribution in [0.25, 0.3) is 6.08 Å². The first kappa shape index (κ1) is 16.9. The van der Waals surface area contributed by atoms with Crippen LogP contribution in [0.4, 0.5) is 10.1 Å². The topological polar surface area (TPSA) is 71.8 Å². The molecule has 3 rings (SSSR count). The molecule has 2 aromatic rings. The average molecular weight is 356 g/mol. The van der Waals surface area contributed by atoms with Gasteiger partial charge in [-0.05, 0) is 48.0 Å². The first-order valence-corrected chi connectivity index (χ1v) is 8.06. The van der Waals surface area contributed by atoms with Crippen LogP contribution < -0.4 is 0 Å². The molecule has 126 valence electrons. The zero-order valence-corrected chi connectivity index (χ0v) is 14.0. The third-order valence-corrected chi connectivity index (χ3v) is 4.36. The molecule has 0 bridgehead atoms. The van der Waals surface area contributed by atoms with E-state index in [0.717, 1.165) is 17.3 Å². The lowest BCUT2D eigenvalue weighted by molar-refractivity contribution is -0.135. The highest BCUT2D eigenvalue weighted by Gasteiger charge is 2.32. The number of methoxy groups -OCH3 is 1. The molecule has 1 aromatic heterocycles. The molecule has 25 heavy (non-hydrogen) atoms. The number of aromatic nitrogens is 1. The number of aliphatic hydroxyl groups is 1. The Morgan fingerprint density at radius 3 is 2.56 bits per heavy atom. The SMILES string of the molecule is COC(=O)C1=C(O)C(=Cc2ccncc2)SC1=Nc1ccc(F)cc1. The van der Waals surface area contributed by atoms with E-state index < -0.39 is 5.97 Å². The van der Waals surface area contributed by atoms with Crippen molar-refractivity contribution in [1.29, 1.82) is 0 Å². The van der Waals surface area contributed by atoms with Gasteiger partial charge in [0.1, 0.15) is 22.2 Å². The van der Waals surface area contributed by atoms with E-state index in [4.69, 9.17) is 4.74 Å². The lowest BCUT2D eigenvalue weighted by Gasteiger charge is -2.01. The van der Waals surface area contributed by atoms with Crippen LogP contribution in [0.1, 0.15) is 5.56 Å². The van der Waals surface area contributed by atoms with Crippen molar-refractivity contribution in [3.63, 3.8) is 0 Å². The van der Waals surface area contributed by atoms with Gasteiger partial charge < -0.3 is 9.84 Å². The van der Waals surface area contributed by atoms with Crippen LogP contribution in [-0.4, -0.2) is 28.2 Å². The molecule has 5 nitrogen and oxygen atoms in total. The summed E-state index contributed by atoms with van der Waals surface area (Å²) in [6, 6.07) is 9.06. The third-order valence-electron chi connectivity index (χ3n) is 3.34. The molecular formula is C18H13FN2O3S. The lowest BCUT2D eigenvalue weighted by Crippen LogP contribution is -2.10. The normalized spacial score (nSPS) is 17.4. The number of carbonyl (C=O) groups excluding carboxylic acids is 1. The quantitative estimate of drug-likeness (QED) is 0.841. The van der Waals surface area contributed by atoms with Gasteiger partial charge in [-0.15, -0.1) is 0 Å². The number of pyridine rings is 1. The van der Waals surface area contributed by atoms with E-state index in [2.05, 4.69) is 9.98 Å². The number of carbonyl (C=O) groups is 1. The second-order valence-electron chi connectivity index (χ2n) is 5.00. The molecular weight excluding hydrogens is 343 g/mol. The van der Waals surface area contributed by atoms with Gasteiger partial charge in [0, 0.05) is 12.4 Å². The molecule has 1 N–H and O–H groups in total. The number of esters is 1. The molecule has 0 spiro atoms. The van der Waals surface area contributed by atoms with Gasteiger partial charge in [-0.1, -0.05) is 11.8 Å². The molecule has 1 aromatic carbocycles. The van der Waals surface area contributed by atoms with Crippen molar-refractivity contribution in [2.45, 2.75) is 0 Å². The Balaban J connectivity index is 2.03. The Labute approximate surface area is 147 Å². The molecule has 0 saturated carbocycles. The van der Waals surface area contributed by atoms with E-state index >= 15 is 0 Å². The number of ether oxygens (including phenoxy) is 1. The maximum atomic E-state index is 13.0. The minimum absolute atomic E-state index is 0.0165. The van der Waals surface area contributed by atoms with E-state index in [9.17, 15) is 14.3 Å². The molecule has 0 amide bonds. The van der Waals surface area contributed by atoms with E-state index in [-0.39, 0.29) is 22.2 Å². The summed E-state index contributed by atoms with van der Waals surface area (Å²) in [6.45, 7) is 0. The number of halogens is 1. The smallest absolute Gasteiger partial charge is 0.344 e. The summed E-state index contributed by atoms with van der Waals surface area (Å²) in [5, 5.41) is 10.7. The first-order valence-electron chi connectivity index (χ1n) is 7.24. The predicted molar refractivity (Wildman–Crippen MR) is 95.0 cm³/mol. The maximum absolute atomic E-state index is 13.0. The van der Waals surface area contributed by atoms with Gasteiger partial charge in [0.2, 0.25) is 0 Å². The van der Waals surface area contributed by atoms with Crippen LogP contribution in [0.2, 0.25) is 0 Å². The van der Waals surface area contributed by atoms with Crippen LogP contribution in [0.15, 0.2) is 70.0 Å². The number of benzene rings is 1. The third kappa shape index (κ3) is 3.77. The molecule has 7 heteroatoms. The summed E-state index contributed by atoms with van der Waals surface area (Å²) in [7, 11) is 1.23. The Morgan fingerprint density at radius 1 is 1.24 bits per heavy atom. The molecule has 2 heterocycles. The highest BCUT2D eigenvalue weighted by molar-refractivity contribution is 8.18. The Hall–Kier alpha value is -2.93. The summed E-state index contributed by atoms with van der Waals surface area (Å²) in [6.07, 6.45) is 4.97. The lowest BCUT2D eigenvalue weighted by atomic mass is 10.2. The summed E-state index contributed by atoms with van der Waals surface area (Å²) < 4.78 is 17.8. The van der Waals surface area contributed by atoms with Gasteiger partial charge in [-0.3, -0.25) is 4.98 Å². The Kier molecular flexibility index (Phi) is 4.95. The van der Waals surface area contributed by atoms with Gasteiger partial charge in [0.05, 0.1) is 17.7 Å². The summed E-state index contributed by atoms with van der Waals surface area (Å²) in [5.74, 6) is -1.27. The monoisotopic (exact) mass is 356 g/mol. The molecule has 1 aliphatic rings. The molecule has 0 aliphatic carbocycles. The first-order chi connectivity index (χ1) is 12.1. The fourth-order valence-corrected chi connectivity index (χ4v) is 3.17. The van der Waals surface area contributed by atoms with E-state index in [1.807, 2.05) is 0 Å². The van der Waals surface area contributed by atoms with Gasteiger partial charge >= 0.3 is 5.97 Å².